The van der Waals surface area contributed by atoms with E-state index in [1.807, 2.05) is 33.3 Å². The van der Waals surface area contributed by atoms with E-state index in [1.165, 1.54) is 25.3 Å². The number of quaternary nitrogens is 1. The summed E-state index contributed by atoms with van der Waals surface area (Å²) in [7, 11) is 7.47. The molecule has 0 saturated heterocycles. The fraction of sp³-hybridized carbons (Fsp3) is 0.200. The van der Waals surface area contributed by atoms with E-state index in [9.17, 15) is 26.3 Å². The van der Waals surface area contributed by atoms with Crippen LogP contribution in [0, 0.1) is 53.5 Å². The predicted octanol–water partition coefficient (Wildman–Crippen LogP) is 8.45. The third kappa shape index (κ3) is 5.58. The van der Waals surface area contributed by atoms with Crippen molar-refractivity contribution in [2.45, 2.75) is 13.5 Å². The van der Waals surface area contributed by atoms with Gasteiger partial charge in [0.1, 0.15) is 18.0 Å². The Morgan fingerprint density at radius 1 is 0.634 bits per heavy atom. The first-order chi connectivity index (χ1) is 19.2. The lowest BCUT2D eigenvalue weighted by molar-refractivity contribution is -0.884. The lowest BCUT2D eigenvalue weighted by atomic mass is 9.99. The molecule has 0 fully saturated rings. The molecule has 0 N–H and O–H groups in total. The Balaban J connectivity index is 1.78. The van der Waals surface area contributed by atoms with Crippen molar-refractivity contribution in [2.75, 3.05) is 28.3 Å². The van der Waals surface area contributed by atoms with Gasteiger partial charge in [-0.25, -0.2) is 26.3 Å². The number of benzene rings is 4. The zero-order valence-electron chi connectivity index (χ0n) is 22.5. The molecule has 0 unspecified atom stereocenters. The van der Waals surface area contributed by atoms with Crippen molar-refractivity contribution < 1.29 is 49.1 Å². The normalized spacial score (nSPS) is 11.6. The summed E-state index contributed by atoms with van der Waals surface area (Å²) >= 11 is 0. The van der Waals surface area contributed by atoms with Crippen LogP contribution in [-0.2, 0) is 6.54 Å². The lowest BCUT2D eigenvalue weighted by Crippen LogP contribution is -2.33. The van der Waals surface area contributed by atoms with Gasteiger partial charge in [-0.2, -0.15) is 8.78 Å². The van der Waals surface area contributed by atoms with Crippen LogP contribution in [0.25, 0.3) is 22.3 Å². The molecule has 216 valence electrons. The van der Waals surface area contributed by atoms with E-state index < -0.39 is 69.0 Å². The van der Waals surface area contributed by atoms with Crippen LogP contribution in [0.4, 0.5) is 35.1 Å². The molecule has 3 nitrogen and oxygen atoms in total. The topological polar surface area (TPSA) is 18.5 Å². The molecule has 41 heavy (non-hydrogen) atoms. The first kappa shape index (κ1) is 29.9. The Bertz CT molecular complexity index is 1590. The highest BCUT2D eigenvalue weighted by Gasteiger charge is 2.34. The van der Waals surface area contributed by atoms with E-state index in [0.29, 0.717) is 28.3 Å². The Labute approximate surface area is 230 Å². The Hall–Kier alpha value is -4.12. The molecular weight excluding hydrogens is 558 g/mol. The summed E-state index contributed by atoms with van der Waals surface area (Å²) in [5.41, 5.74) is -2.96. The van der Waals surface area contributed by atoms with Crippen LogP contribution in [0.15, 0.2) is 42.5 Å². The first-order valence-corrected chi connectivity index (χ1v) is 12.1. The van der Waals surface area contributed by atoms with Gasteiger partial charge in [0, 0.05) is 16.7 Å². The van der Waals surface area contributed by atoms with Gasteiger partial charge in [0.25, 0.3) is 0 Å². The fourth-order valence-electron chi connectivity index (χ4n) is 4.31. The van der Waals surface area contributed by atoms with Crippen LogP contribution < -0.4 is 9.47 Å². The highest BCUT2D eigenvalue weighted by molar-refractivity contribution is 5.73. The van der Waals surface area contributed by atoms with Gasteiger partial charge in [-0.3, -0.25) is 0 Å². The predicted molar refractivity (Wildman–Crippen MR) is 137 cm³/mol. The number of methoxy groups -OCH3 is 1. The summed E-state index contributed by atoms with van der Waals surface area (Å²) < 4.78 is 128. The first-order valence-electron chi connectivity index (χ1n) is 12.1. The molecule has 4 aromatic carbocycles. The van der Waals surface area contributed by atoms with Crippen molar-refractivity contribution in [1.29, 1.82) is 0 Å². The van der Waals surface area contributed by atoms with E-state index in [-0.39, 0.29) is 5.75 Å². The summed E-state index contributed by atoms with van der Waals surface area (Å²) in [6.45, 7) is 1.41. The van der Waals surface area contributed by atoms with Crippen LogP contribution >= 0.6 is 0 Å². The molecule has 0 atom stereocenters. The molecule has 4 aromatic rings. The molecule has 0 spiro atoms. The number of nitrogens with zero attached hydrogens (tertiary/aromatic N) is 1. The van der Waals surface area contributed by atoms with Crippen molar-refractivity contribution in [3.63, 3.8) is 0 Å². The minimum Gasteiger partial charge on any atom is -0.496 e. The minimum atomic E-state index is -2.32. The highest BCUT2D eigenvalue weighted by atomic mass is 19.2. The quantitative estimate of drug-likeness (QED) is 0.124. The van der Waals surface area contributed by atoms with Crippen LogP contribution in [0.5, 0.6) is 17.2 Å². The standard InChI is InChI=1S/C30H24F8NO2/c1-14-22(31)24(33)20(25(34)23(14)32)21-26(35)28(37)30(29(38)27(21)36)41-17-10-11-19(40-5)18(12-17)16-8-6-15(7-9-16)13-39(2,3)4/h6-12H,13H2,1-5H3/q+1. The molecule has 0 saturated carbocycles. The lowest BCUT2D eigenvalue weighted by Gasteiger charge is -2.24. The van der Waals surface area contributed by atoms with Gasteiger partial charge in [0.05, 0.1) is 39.4 Å². The smallest absolute Gasteiger partial charge is 0.205 e. The molecule has 0 aliphatic heterocycles. The third-order valence-corrected chi connectivity index (χ3v) is 6.27. The average molecular weight is 583 g/mol. The largest absolute Gasteiger partial charge is 0.496 e. The highest BCUT2D eigenvalue weighted by Crippen LogP contribution is 2.42. The molecule has 0 amide bonds. The number of hydrogen-bond donors (Lipinski definition) is 0. The molecule has 0 radical (unpaired) electrons. The summed E-state index contributed by atoms with van der Waals surface area (Å²) in [5.74, 6) is -18.9. The molecule has 0 aromatic heterocycles. The second kappa shape index (κ2) is 11.0. The maximum absolute atomic E-state index is 15.0. The maximum atomic E-state index is 15.0. The van der Waals surface area contributed by atoms with Gasteiger partial charge in [-0.1, -0.05) is 24.3 Å². The number of rotatable bonds is 7. The number of hydrogen-bond acceptors (Lipinski definition) is 2. The summed E-state index contributed by atoms with van der Waals surface area (Å²) in [6, 6.07) is 11.2. The SMILES string of the molecule is COc1ccc(Oc2c(F)c(F)c(-c3c(F)c(F)c(C)c(F)c3F)c(F)c2F)cc1-c1ccc(C[N+](C)(C)C)cc1. The second-order valence-electron chi connectivity index (χ2n) is 10.3. The number of halogens is 8. The van der Waals surface area contributed by atoms with E-state index in [1.54, 1.807) is 12.1 Å². The zero-order chi connectivity index (χ0) is 30.4. The fourth-order valence-corrected chi connectivity index (χ4v) is 4.31. The third-order valence-electron chi connectivity index (χ3n) is 6.27. The van der Waals surface area contributed by atoms with Gasteiger partial charge < -0.3 is 14.0 Å². The van der Waals surface area contributed by atoms with E-state index >= 15 is 8.78 Å². The van der Waals surface area contributed by atoms with Gasteiger partial charge in [0.2, 0.25) is 17.4 Å². The van der Waals surface area contributed by atoms with Crippen molar-refractivity contribution in [3.05, 3.63) is 100 Å². The van der Waals surface area contributed by atoms with Crippen molar-refractivity contribution in [2.24, 2.45) is 0 Å². The van der Waals surface area contributed by atoms with Crippen molar-refractivity contribution >= 4 is 0 Å². The monoisotopic (exact) mass is 582 g/mol. The Morgan fingerprint density at radius 3 is 1.59 bits per heavy atom. The zero-order valence-corrected chi connectivity index (χ0v) is 22.5. The van der Waals surface area contributed by atoms with Gasteiger partial charge in [0.15, 0.2) is 34.9 Å². The van der Waals surface area contributed by atoms with Crippen molar-refractivity contribution in [1.82, 2.24) is 0 Å². The van der Waals surface area contributed by atoms with Gasteiger partial charge in [-0.15, -0.1) is 0 Å². The molecule has 0 heterocycles. The molecule has 11 heteroatoms. The van der Waals surface area contributed by atoms with Crippen LogP contribution in [-0.4, -0.2) is 32.7 Å². The molecular formula is C30H24F8NO2+. The number of ether oxygens (including phenoxy) is 2. The molecule has 0 bridgehead atoms. The summed E-state index contributed by atoms with van der Waals surface area (Å²) in [6.07, 6.45) is 0. The van der Waals surface area contributed by atoms with Crippen molar-refractivity contribution in [3.8, 4) is 39.5 Å². The molecule has 4 rings (SSSR count). The minimum absolute atomic E-state index is 0.273. The Kier molecular flexibility index (Phi) is 8.04. The molecule has 0 aliphatic rings. The summed E-state index contributed by atoms with van der Waals surface area (Å²) in [4.78, 5) is 0. The van der Waals surface area contributed by atoms with Crippen LogP contribution in [0.2, 0.25) is 0 Å². The second-order valence-corrected chi connectivity index (χ2v) is 10.3. The summed E-state index contributed by atoms with van der Waals surface area (Å²) in [5, 5.41) is 0. The van der Waals surface area contributed by atoms with E-state index in [2.05, 4.69) is 0 Å². The molecule has 0 aliphatic carbocycles. The van der Waals surface area contributed by atoms with Gasteiger partial charge >= 0.3 is 0 Å². The maximum Gasteiger partial charge on any atom is 0.205 e. The van der Waals surface area contributed by atoms with Gasteiger partial charge in [-0.05, 0) is 30.7 Å². The van der Waals surface area contributed by atoms with Crippen LogP contribution in [0.3, 0.4) is 0 Å². The van der Waals surface area contributed by atoms with E-state index in [0.717, 1.165) is 12.1 Å². The van der Waals surface area contributed by atoms with Crippen LogP contribution in [0.1, 0.15) is 11.1 Å². The average Bonchev–Trinajstić information content (AvgIpc) is 2.93. The Morgan fingerprint density at radius 2 is 1.12 bits per heavy atom. The van der Waals surface area contributed by atoms with E-state index in [4.69, 9.17) is 9.47 Å².